The molecule has 0 radical (unpaired) electrons. The van der Waals surface area contributed by atoms with Crippen LogP contribution in [0.1, 0.15) is 94.6 Å². The second kappa shape index (κ2) is 16.6. The summed E-state index contributed by atoms with van der Waals surface area (Å²) in [5.74, 6) is -0.0366. The summed E-state index contributed by atoms with van der Waals surface area (Å²) < 4.78 is 7.05. The van der Waals surface area contributed by atoms with Crippen molar-refractivity contribution in [2.45, 2.75) is 91.9 Å². The van der Waals surface area contributed by atoms with Crippen LogP contribution in [0.25, 0.3) is 10.9 Å². The third kappa shape index (κ3) is 9.53. The number of carbonyl (C=O) groups is 4. The highest BCUT2D eigenvalue weighted by Gasteiger charge is 2.25. The van der Waals surface area contributed by atoms with E-state index < -0.39 is 5.97 Å². The number of aryl methyl sites for hydroxylation is 1. The molecule has 0 N–H and O–H groups in total. The minimum atomic E-state index is -0.436. The maximum atomic E-state index is 13.6. The monoisotopic (exact) mass is 589 g/mol. The molecule has 0 saturated carbocycles. The Labute approximate surface area is 256 Å². The Balaban J connectivity index is 1.73. The predicted molar refractivity (Wildman–Crippen MR) is 172 cm³/mol. The molecule has 0 saturated heterocycles. The quantitative estimate of drug-likeness (QED) is 0.101. The zero-order chi connectivity index (χ0) is 31.4. The van der Waals surface area contributed by atoms with Gasteiger partial charge in [-0.3, -0.25) is 23.7 Å². The summed E-state index contributed by atoms with van der Waals surface area (Å²) in [5.41, 5.74) is 3.13. The Bertz CT molecular complexity index is 1400. The van der Waals surface area contributed by atoms with Crippen molar-refractivity contribution in [2.24, 2.45) is 0 Å². The summed E-state index contributed by atoms with van der Waals surface area (Å²) in [5, 5.41) is 0.699. The number of anilines is 1. The highest BCUT2D eigenvalue weighted by atomic mass is 16.5. The molecule has 1 heterocycles. The summed E-state index contributed by atoms with van der Waals surface area (Å²) in [6.07, 6.45) is 8.13. The van der Waals surface area contributed by atoms with E-state index in [0.29, 0.717) is 53.8 Å². The van der Waals surface area contributed by atoms with Crippen LogP contribution in [0.4, 0.5) is 5.69 Å². The van der Waals surface area contributed by atoms with Gasteiger partial charge in [0.15, 0.2) is 0 Å². The first-order valence-corrected chi connectivity index (χ1v) is 15.6. The van der Waals surface area contributed by atoms with Gasteiger partial charge in [-0.05, 0) is 56.4 Å². The van der Waals surface area contributed by atoms with Gasteiger partial charge in [-0.15, -0.1) is 0 Å². The fraction of sp³-hybridized carbons (Fsp3) is 0.486. The van der Waals surface area contributed by atoms with E-state index in [1.54, 1.807) is 27.7 Å². The molecule has 0 aliphatic carbocycles. The van der Waals surface area contributed by atoms with Gasteiger partial charge in [0.25, 0.3) is 0 Å². The van der Waals surface area contributed by atoms with Crippen LogP contribution in [0.5, 0.6) is 5.75 Å². The molecule has 3 rings (SSSR count). The van der Waals surface area contributed by atoms with Gasteiger partial charge in [0.05, 0.1) is 11.2 Å². The number of hydrogen-bond acceptors (Lipinski definition) is 5. The number of aromatic nitrogens is 1. The van der Waals surface area contributed by atoms with E-state index in [9.17, 15) is 19.2 Å². The lowest BCUT2D eigenvalue weighted by Crippen LogP contribution is -2.30. The van der Waals surface area contributed by atoms with E-state index in [1.807, 2.05) is 49.2 Å². The van der Waals surface area contributed by atoms with Gasteiger partial charge in [-0.2, -0.15) is 0 Å². The molecule has 0 aliphatic rings. The normalized spacial score (nSPS) is 11.0. The number of esters is 1. The minimum absolute atomic E-state index is 0.0590. The molecular weight excluding hydrogens is 542 g/mol. The van der Waals surface area contributed by atoms with Crippen molar-refractivity contribution < 1.29 is 23.9 Å². The number of benzene rings is 2. The number of ether oxygens (including phenoxy) is 1. The Morgan fingerprint density at radius 2 is 1.53 bits per heavy atom. The molecule has 43 heavy (non-hydrogen) atoms. The number of carbonyl (C=O) groups excluding carboxylic acids is 4. The van der Waals surface area contributed by atoms with E-state index in [0.717, 1.165) is 57.1 Å². The third-order valence-corrected chi connectivity index (χ3v) is 7.82. The summed E-state index contributed by atoms with van der Waals surface area (Å²) >= 11 is 0. The Morgan fingerprint density at radius 3 is 2.21 bits per heavy atom. The summed E-state index contributed by atoms with van der Waals surface area (Å²) in [4.78, 5) is 54.1. The van der Waals surface area contributed by atoms with Gasteiger partial charge >= 0.3 is 5.97 Å². The zero-order valence-corrected chi connectivity index (χ0v) is 26.5. The van der Waals surface area contributed by atoms with E-state index in [4.69, 9.17) is 4.74 Å². The van der Waals surface area contributed by atoms with Gasteiger partial charge in [-0.25, -0.2) is 0 Å². The fourth-order valence-corrected chi connectivity index (χ4v) is 5.49. The van der Waals surface area contributed by atoms with E-state index in [-0.39, 0.29) is 17.7 Å². The van der Waals surface area contributed by atoms with Crippen molar-refractivity contribution in [3.05, 3.63) is 59.8 Å². The lowest BCUT2D eigenvalue weighted by Gasteiger charge is -2.22. The second-order valence-electron chi connectivity index (χ2n) is 11.3. The van der Waals surface area contributed by atoms with Gasteiger partial charge in [0.1, 0.15) is 5.75 Å². The van der Waals surface area contributed by atoms with Gasteiger partial charge in [0, 0.05) is 57.9 Å². The topological polar surface area (TPSA) is 88.9 Å². The molecule has 0 bridgehead atoms. The lowest BCUT2D eigenvalue weighted by atomic mass is 10.1. The number of hydrogen-bond donors (Lipinski definition) is 0. The fourth-order valence-electron chi connectivity index (χ4n) is 5.49. The second-order valence-corrected chi connectivity index (χ2v) is 11.3. The highest BCUT2D eigenvalue weighted by Crippen LogP contribution is 2.37. The first-order valence-electron chi connectivity index (χ1n) is 15.6. The molecule has 8 nitrogen and oxygen atoms in total. The standard InChI is InChI=1S/C35H47N3O5/c1-6-7-23-36(5)33(41)18-14-9-8-10-15-24-37(27(3)39)35-26(2)38(34(42)22-19-29-16-12-11-13-17-29)32-21-20-30(25-31(32)35)43-28(4)40/h11-13,16-17,20-21,25H,6-10,14-15,18-19,22-24H2,1-5H3. The number of unbranched alkanes of at least 4 members (excludes halogenated alkanes) is 5. The van der Waals surface area contributed by atoms with Crippen molar-refractivity contribution in [3.8, 4) is 5.75 Å². The molecule has 0 unspecified atom stereocenters. The van der Waals surface area contributed by atoms with E-state index in [1.165, 1.54) is 13.8 Å². The van der Waals surface area contributed by atoms with Crippen LogP contribution in [-0.4, -0.2) is 53.3 Å². The van der Waals surface area contributed by atoms with Crippen molar-refractivity contribution in [2.75, 3.05) is 25.0 Å². The molecule has 8 heteroatoms. The smallest absolute Gasteiger partial charge is 0.308 e. The molecule has 0 atom stereocenters. The summed E-state index contributed by atoms with van der Waals surface area (Å²) in [6, 6.07) is 15.1. The number of rotatable bonds is 16. The van der Waals surface area contributed by atoms with Crippen LogP contribution in [0.2, 0.25) is 0 Å². The number of amides is 2. The van der Waals surface area contributed by atoms with Crippen molar-refractivity contribution >= 4 is 40.3 Å². The molecule has 0 aliphatic heterocycles. The van der Waals surface area contributed by atoms with Gasteiger partial charge < -0.3 is 14.5 Å². The van der Waals surface area contributed by atoms with E-state index >= 15 is 0 Å². The first kappa shape index (κ1) is 33.6. The molecule has 0 fully saturated rings. The molecule has 232 valence electrons. The van der Waals surface area contributed by atoms with Crippen LogP contribution in [0.15, 0.2) is 48.5 Å². The Morgan fingerprint density at radius 1 is 0.837 bits per heavy atom. The molecule has 2 aromatic carbocycles. The summed E-state index contributed by atoms with van der Waals surface area (Å²) in [6.45, 7) is 8.19. The zero-order valence-electron chi connectivity index (χ0n) is 26.5. The maximum absolute atomic E-state index is 13.6. The minimum Gasteiger partial charge on any atom is -0.427 e. The van der Waals surface area contributed by atoms with Crippen LogP contribution in [0.3, 0.4) is 0 Å². The summed E-state index contributed by atoms with van der Waals surface area (Å²) in [7, 11) is 1.87. The van der Waals surface area contributed by atoms with Crippen molar-refractivity contribution in [1.29, 1.82) is 0 Å². The third-order valence-electron chi connectivity index (χ3n) is 7.82. The lowest BCUT2D eigenvalue weighted by molar-refractivity contribution is -0.132. The van der Waals surface area contributed by atoms with Crippen LogP contribution in [0, 0.1) is 6.92 Å². The average Bonchev–Trinajstić information content (AvgIpc) is 3.26. The van der Waals surface area contributed by atoms with E-state index in [2.05, 4.69) is 6.92 Å². The van der Waals surface area contributed by atoms with Gasteiger partial charge in [-0.1, -0.05) is 62.9 Å². The Hall–Kier alpha value is -3.94. The number of nitrogens with zero attached hydrogens (tertiary/aromatic N) is 3. The van der Waals surface area contributed by atoms with Crippen molar-refractivity contribution in [1.82, 2.24) is 9.47 Å². The van der Waals surface area contributed by atoms with Crippen LogP contribution >= 0.6 is 0 Å². The number of fused-ring (bicyclic) bond motifs is 1. The molecule has 3 aromatic rings. The first-order chi connectivity index (χ1) is 20.6. The van der Waals surface area contributed by atoms with Crippen LogP contribution in [-0.2, 0) is 20.8 Å². The molecule has 2 amide bonds. The molecular formula is C35H47N3O5. The predicted octanol–water partition coefficient (Wildman–Crippen LogP) is 7.10. The highest BCUT2D eigenvalue weighted by molar-refractivity contribution is 6.08. The van der Waals surface area contributed by atoms with Crippen molar-refractivity contribution in [3.63, 3.8) is 0 Å². The van der Waals surface area contributed by atoms with Crippen LogP contribution < -0.4 is 9.64 Å². The van der Waals surface area contributed by atoms with Gasteiger partial charge in [0.2, 0.25) is 17.7 Å². The Kier molecular flexibility index (Phi) is 13.0. The molecule has 1 aromatic heterocycles. The largest absolute Gasteiger partial charge is 0.427 e. The SMILES string of the molecule is CCCCN(C)C(=O)CCCCCCCN(C(C)=O)c1c(C)n(C(=O)CCc2ccccc2)c2ccc(OC(C)=O)cc12. The molecule has 0 spiro atoms. The average molecular weight is 590 g/mol. The maximum Gasteiger partial charge on any atom is 0.308 e.